The Morgan fingerprint density at radius 2 is 1.86 bits per heavy atom. The summed E-state index contributed by atoms with van der Waals surface area (Å²) in [5, 5.41) is 9.63. The summed E-state index contributed by atoms with van der Waals surface area (Å²) in [6, 6.07) is 10.9. The van der Waals surface area contributed by atoms with Gasteiger partial charge in [0.15, 0.2) is 0 Å². The third-order valence-electron chi connectivity index (χ3n) is 3.83. The fraction of sp³-hybridized carbons (Fsp3) is 0.312. The summed E-state index contributed by atoms with van der Waals surface area (Å²) < 4.78 is 5.37. The van der Waals surface area contributed by atoms with Crippen LogP contribution < -0.4 is 0 Å². The van der Waals surface area contributed by atoms with Crippen molar-refractivity contribution >= 4 is 17.6 Å². The lowest BCUT2D eigenvalue weighted by atomic mass is 10.1. The lowest BCUT2D eigenvalue weighted by Crippen LogP contribution is -2.25. The van der Waals surface area contributed by atoms with E-state index in [0.29, 0.717) is 5.76 Å². The maximum Gasteiger partial charge on any atom is 0.371 e. The van der Waals surface area contributed by atoms with E-state index in [4.69, 9.17) is 21.1 Å². The molecule has 1 aromatic carbocycles. The number of halogens is 1. The predicted octanol–water partition coefficient (Wildman–Crippen LogP) is 4.39. The third kappa shape index (κ3) is 3.28. The predicted molar refractivity (Wildman–Crippen MR) is 81.7 cm³/mol. The molecule has 2 rings (SSSR count). The van der Waals surface area contributed by atoms with Crippen LogP contribution in [-0.2, 0) is 0 Å². The molecule has 1 aromatic heterocycles. The monoisotopic (exact) mass is 307 g/mol. The van der Waals surface area contributed by atoms with Crippen LogP contribution in [0.4, 0.5) is 0 Å². The Balaban J connectivity index is 2.20. The molecule has 0 aliphatic heterocycles. The van der Waals surface area contributed by atoms with Crippen molar-refractivity contribution in [2.75, 3.05) is 7.05 Å². The number of hydrogen-bond donors (Lipinski definition) is 1. The van der Waals surface area contributed by atoms with Crippen molar-refractivity contribution in [2.24, 2.45) is 0 Å². The number of carboxylic acid groups (broad SMARTS) is 1. The van der Waals surface area contributed by atoms with Gasteiger partial charge in [-0.2, -0.15) is 0 Å². The van der Waals surface area contributed by atoms with Crippen molar-refractivity contribution < 1.29 is 14.3 Å². The topological polar surface area (TPSA) is 53.7 Å². The summed E-state index contributed by atoms with van der Waals surface area (Å²) in [4.78, 5) is 13.0. The highest BCUT2D eigenvalue weighted by molar-refractivity contribution is 6.31. The molecule has 0 amide bonds. The minimum Gasteiger partial charge on any atom is -0.475 e. The second kappa shape index (κ2) is 6.33. The molecule has 21 heavy (non-hydrogen) atoms. The summed E-state index contributed by atoms with van der Waals surface area (Å²) in [5.74, 6) is -0.486. The van der Waals surface area contributed by atoms with Crippen LogP contribution in [0.2, 0.25) is 5.02 Å². The van der Waals surface area contributed by atoms with Gasteiger partial charge < -0.3 is 9.52 Å². The number of carbonyl (C=O) groups is 1. The van der Waals surface area contributed by atoms with Crippen molar-refractivity contribution in [1.29, 1.82) is 0 Å². The van der Waals surface area contributed by atoms with Gasteiger partial charge in [-0.15, -0.1) is 0 Å². The molecular weight excluding hydrogens is 290 g/mol. The SMILES string of the molecule is CC(c1ccc(C(=O)O)o1)N(C)C(C)c1ccccc1Cl. The molecule has 4 nitrogen and oxygen atoms in total. The van der Waals surface area contributed by atoms with E-state index >= 15 is 0 Å². The van der Waals surface area contributed by atoms with Crippen LogP contribution in [0.15, 0.2) is 40.8 Å². The summed E-state index contributed by atoms with van der Waals surface area (Å²) in [6.07, 6.45) is 0. The molecule has 0 radical (unpaired) electrons. The molecule has 0 fully saturated rings. The van der Waals surface area contributed by atoms with Gasteiger partial charge in [0, 0.05) is 11.1 Å². The highest BCUT2D eigenvalue weighted by Gasteiger charge is 2.23. The molecular formula is C16H18ClNO3. The molecule has 5 heteroatoms. The first kappa shape index (κ1) is 15.6. The number of benzene rings is 1. The first-order valence-electron chi connectivity index (χ1n) is 6.71. The minimum atomic E-state index is -1.06. The molecule has 1 N–H and O–H groups in total. The Morgan fingerprint density at radius 3 is 2.43 bits per heavy atom. The van der Waals surface area contributed by atoms with Crippen LogP contribution in [-0.4, -0.2) is 23.0 Å². The smallest absolute Gasteiger partial charge is 0.371 e. The number of carboxylic acids is 1. The van der Waals surface area contributed by atoms with E-state index in [-0.39, 0.29) is 17.8 Å². The Bertz CT molecular complexity index is 638. The molecule has 0 aliphatic rings. The van der Waals surface area contributed by atoms with Crippen LogP contribution in [0, 0.1) is 0 Å². The van der Waals surface area contributed by atoms with Gasteiger partial charge in [-0.1, -0.05) is 29.8 Å². The fourth-order valence-electron chi connectivity index (χ4n) is 2.26. The number of rotatable bonds is 5. The van der Waals surface area contributed by atoms with E-state index in [0.717, 1.165) is 10.6 Å². The average molecular weight is 308 g/mol. The first-order valence-corrected chi connectivity index (χ1v) is 7.09. The highest BCUT2D eigenvalue weighted by atomic mass is 35.5. The van der Waals surface area contributed by atoms with Gasteiger partial charge >= 0.3 is 5.97 Å². The molecule has 0 spiro atoms. The lowest BCUT2D eigenvalue weighted by molar-refractivity contribution is 0.0655. The molecule has 0 saturated carbocycles. The fourth-order valence-corrected chi connectivity index (χ4v) is 2.56. The number of hydrogen-bond acceptors (Lipinski definition) is 3. The molecule has 1 heterocycles. The average Bonchev–Trinajstić information content (AvgIpc) is 2.95. The zero-order valence-electron chi connectivity index (χ0n) is 12.2. The van der Waals surface area contributed by atoms with E-state index in [1.54, 1.807) is 6.07 Å². The van der Waals surface area contributed by atoms with Crippen molar-refractivity contribution in [2.45, 2.75) is 25.9 Å². The van der Waals surface area contributed by atoms with Crippen LogP contribution >= 0.6 is 11.6 Å². The first-order chi connectivity index (χ1) is 9.91. The third-order valence-corrected chi connectivity index (χ3v) is 4.17. The largest absolute Gasteiger partial charge is 0.475 e. The zero-order valence-corrected chi connectivity index (χ0v) is 13.0. The van der Waals surface area contributed by atoms with E-state index in [1.807, 2.05) is 38.2 Å². The Hall–Kier alpha value is -1.78. The van der Waals surface area contributed by atoms with Crippen molar-refractivity contribution in [1.82, 2.24) is 4.90 Å². The second-order valence-electron chi connectivity index (χ2n) is 5.05. The van der Waals surface area contributed by atoms with E-state index in [9.17, 15) is 4.79 Å². The molecule has 2 unspecified atom stereocenters. The molecule has 112 valence electrons. The molecule has 0 saturated heterocycles. The Morgan fingerprint density at radius 1 is 1.19 bits per heavy atom. The normalized spacial score (nSPS) is 14.1. The van der Waals surface area contributed by atoms with Gasteiger partial charge in [-0.05, 0) is 44.7 Å². The molecule has 2 atom stereocenters. The van der Waals surface area contributed by atoms with Gasteiger partial charge in [0.25, 0.3) is 0 Å². The summed E-state index contributed by atoms with van der Waals surface area (Å²) in [5.41, 5.74) is 1.03. The van der Waals surface area contributed by atoms with Crippen molar-refractivity contribution in [3.8, 4) is 0 Å². The second-order valence-corrected chi connectivity index (χ2v) is 5.45. The molecule has 0 aliphatic carbocycles. The zero-order chi connectivity index (χ0) is 15.6. The quantitative estimate of drug-likeness (QED) is 0.890. The van der Waals surface area contributed by atoms with Crippen molar-refractivity contribution in [3.63, 3.8) is 0 Å². The maximum atomic E-state index is 10.9. The Labute approximate surface area is 128 Å². The van der Waals surface area contributed by atoms with Gasteiger partial charge in [-0.3, -0.25) is 4.90 Å². The van der Waals surface area contributed by atoms with Crippen LogP contribution in [0.3, 0.4) is 0 Å². The van der Waals surface area contributed by atoms with Gasteiger partial charge in [-0.25, -0.2) is 4.79 Å². The van der Waals surface area contributed by atoms with Crippen molar-refractivity contribution in [3.05, 3.63) is 58.5 Å². The number of nitrogens with zero attached hydrogens (tertiary/aromatic N) is 1. The molecule has 0 bridgehead atoms. The van der Waals surface area contributed by atoms with Gasteiger partial charge in [0.2, 0.25) is 5.76 Å². The van der Waals surface area contributed by atoms with Crippen LogP contribution in [0.5, 0.6) is 0 Å². The van der Waals surface area contributed by atoms with E-state index in [2.05, 4.69) is 11.8 Å². The summed E-state index contributed by atoms with van der Waals surface area (Å²) >= 11 is 6.23. The van der Waals surface area contributed by atoms with Crippen LogP contribution in [0.25, 0.3) is 0 Å². The minimum absolute atomic E-state index is 0.0457. The number of furan rings is 1. The maximum absolute atomic E-state index is 10.9. The highest BCUT2D eigenvalue weighted by Crippen LogP contribution is 2.32. The van der Waals surface area contributed by atoms with Gasteiger partial charge in [0.1, 0.15) is 5.76 Å². The van der Waals surface area contributed by atoms with Crippen LogP contribution in [0.1, 0.15) is 47.8 Å². The summed E-state index contributed by atoms with van der Waals surface area (Å²) in [7, 11) is 1.96. The standard InChI is InChI=1S/C16H18ClNO3/c1-10(12-6-4-5-7-13(12)17)18(3)11(2)14-8-9-15(21-14)16(19)20/h4-11H,1-3H3,(H,19,20). The summed E-state index contributed by atoms with van der Waals surface area (Å²) in [6.45, 7) is 4.02. The van der Waals surface area contributed by atoms with Gasteiger partial charge in [0.05, 0.1) is 6.04 Å². The Kier molecular flexibility index (Phi) is 4.70. The number of aromatic carboxylic acids is 1. The lowest BCUT2D eigenvalue weighted by Gasteiger charge is -2.30. The van der Waals surface area contributed by atoms with E-state index < -0.39 is 5.97 Å². The van der Waals surface area contributed by atoms with E-state index in [1.165, 1.54) is 6.07 Å². The molecule has 2 aromatic rings.